The van der Waals surface area contributed by atoms with Crippen molar-refractivity contribution in [2.45, 2.75) is 13.0 Å². The first-order valence-corrected chi connectivity index (χ1v) is 5.16. The summed E-state index contributed by atoms with van der Waals surface area (Å²) in [6.45, 7) is 1.22. The maximum absolute atomic E-state index is 11.4. The van der Waals surface area contributed by atoms with Gasteiger partial charge < -0.3 is 5.32 Å². The molecule has 0 saturated heterocycles. The average Bonchev–Trinajstić information content (AvgIpc) is 2.95. The lowest BCUT2D eigenvalue weighted by Crippen LogP contribution is -2.26. The minimum absolute atomic E-state index is 0.00547. The van der Waals surface area contributed by atoms with Gasteiger partial charge in [0.05, 0.1) is 0 Å². The number of amides is 1. The van der Waals surface area contributed by atoms with Crippen molar-refractivity contribution >= 4 is 5.91 Å². The molecule has 0 fully saturated rings. The van der Waals surface area contributed by atoms with Crippen LogP contribution in [0.1, 0.15) is 17.0 Å². The number of hydrogen-bond acceptors (Lipinski definition) is 4. The Hall–Kier alpha value is -2.38. The highest BCUT2D eigenvalue weighted by Crippen LogP contribution is 1.89. The summed E-state index contributed by atoms with van der Waals surface area (Å²) in [7, 11) is 0. The lowest BCUT2D eigenvalue weighted by atomic mass is 10.4. The first-order chi connectivity index (χ1) is 8.25. The van der Waals surface area contributed by atoms with Crippen LogP contribution in [0.15, 0.2) is 23.3 Å². The summed E-state index contributed by atoms with van der Waals surface area (Å²) in [6.07, 6.45) is 4.31. The summed E-state index contributed by atoms with van der Waals surface area (Å²) in [6, 6.07) is 1.84. The number of nitrogens with zero attached hydrogens (tertiary/aromatic N) is 3. The number of carbonyl (C=O) groups excluding carboxylic acids is 1. The van der Waals surface area contributed by atoms with E-state index in [2.05, 4.69) is 25.6 Å². The van der Waals surface area contributed by atoms with Crippen LogP contribution in [0.4, 0.5) is 0 Å². The highest BCUT2D eigenvalue weighted by atomic mass is 16.2. The Kier molecular flexibility index (Phi) is 3.34. The zero-order chi connectivity index (χ0) is 12.1. The molecule has 0 bridgehead atoms. The van der Waals surface area contributed by atoms with E-state index in [4.69, 9.17) is 0 Å². The number of carbonyl (C=O) groups is 1. The number of aryl methyl sites for hydroxylation is 1. The van der Waals surface area contributed by atoms with Gasteiger partial charge in [-0.15, -0.1) is 5.10 Å². The van der Waals surface area contributed by atoms with Crippen LogP contribution in [0.3, 0.4) is 0 Å². The highest BCUT2D eigenvalue weighted by molar-refractivity contribution is 5.90. The van der Waals surface area contributed by atoms with E-state index in [9.17, 15) is 9.59 Å². The van der Waals surface area contributed by atoms with Crippen LogP contribution in [0.2, 0.25) is 0 Å². The highest BCUT2D eigenvalue weighted by Gasteiger charge is 2.08. The predicted octanol–water partition coefficient (Wildman–Crippen LogP) is -0.885. The van der Waals surface area contributed by atoms with E-state index in [0.29, 0.717) is 6.54 Å². The fourth-order valence-electron chi connectivity index (χ4n) is 1.34. The van der Waals surface area contributed by atoms with Gasteiger partial charge in [-0.05, 0) is 12.5 Å². The standard InChI is InChI=1S/C9H12N6O2/c16-8(7-12-9(17)14-13-7)10-3-1-5-15-6-2-4-11-15/h2,4,6H,1,3,5H2,(H,10,16)(H2,12,13,14,17). The summed E-state index contributed by atoms with van der Waals surface area (Å²) < 4.78 is 1.78. The Morgan fingerprint density at radius 1 is 1.53 bits per heavy atom. The lowest BCUT2D eigenvalue weighted by molar-refractivity contribution is 0.0942. The number of rotatable bonds is 5. The molecule has 3 N–H and O–H groups in total. The van der Waals surface area contributed by atoms with Gasteiger partial charge in [0.1, 0.15) is 0 Å². The zero-order valence-corrected chi connectivity index (χ0v) is 9.01. The molecule has 90 valence electrons. The number of aromatic amines is 2. The lowest BCUT2D eigenvalue weighted by Gasteiger charge is -2.03. The smallest absolute Gasteiger partial charge is 0.341 e. The SMILES string of the molecule is O=C(NCCCn1cccn1)c1n[nH]c(=O)[nH]1. The van der Waals surface area contributed by atoms with Gasteiger partial charge in [-0.3, -0.25) is 14.5 Å². The number of aromatic nitrogens is 5. The van der Waals surface area contributed by atoms with E-state index in [0.717, 1.165) is 13.0 Å². The van der Waals surface area contributed by atoms with Gasteiger partial charge in [-0.1, -0.05) is 0 Å². The largest absolute Gasteiger partial charge is 0.349 e. The molecule has 2 heterocycles. The Morgan fingerprint density at radius 3 is 3.06 bits per heavy atom. The third-order valence-electron chi connectivity index (χ3n) is 2.12. The monoisotopic (exact) mass is 236 g/mol. The molecule has 0 atom stereocenters. The molecule has 2 aromatic heterocycles. The minimum atomic E-state index is -0.494. The summed E-state index contributed by atoms with van der Waals surface area (Å²) >= 11 is 0. The van der Waals surface area contributed by atoms with Crippen molar-refractivity contribution in [2.24, 2.45) is 0 Å². The maximum Gasteiger partial charge on any atom is 0.341 e. The molecular formula is C9H12N6O2. The van der Waals surface area contributed by atoms with Crippen molar-refractivity contribution in [2.75, 3.05) is 6.54 Å². The van der Waals surface area contributed by atoms with Gasteiger partial charge in [-0.2, -0.15) is 5.10 Å². The molecule has 0 aromatic carbocycles. The Morgan fingerprint density at radius 2 is 2.41 bits per heavy atom. The van der Waals surface area contributed by atoms with Crippen LogP contribution in [0, 0.1) is 0 Å². The van der Waals surface area contributed by atoms with Crippen LogP contribution < -0.4 is 11.0 Å². The number of H-pyrrole nitrogens is 2. The minimum Gasteiger partial charge on any atom is -0.349 e. The van der Waals surface area contributed by atoms with Crippen LogP contribution >= 0.6 is 0 Å². The molecule has 2 rings (SSSR count). The first-order valence-electron chi connectivity index (χ1n) is 5.16. The van der Waals surface area contributed by atoms with Crippen LogP contribution in [-0.2, 0) is 6.54 Å². The average molecular weight is 236 g/mol. The number of hydrogen-bond donors (Lipinski definition) is 3. The van der Waals surface area contributed by atoms with Crippen molar-refractivity contribution < 1.29 is 4.79 Å². The van der Waals surface area contributed by atoms with Gasteiger partial charge in [-0.25, -0.2) is 9.89 Å². The molecule has 8 nitrogen and oxygen atoms in total. The molecule has 0 aliphatic rings. The van der Waals surface area contributed by atoms with Gasteiger partial charge in [0.2, 0.25) is 5.82 Å². The fourth-order valence-corrected chi connectivity index (χ4v) is 1.34. The molecule has 1 amide bonds. The normalized spacial score (nSPS) is 10.4. The van der Waals surface area contributed by atoms with E-state index in [1.807, 2.05) is 12.3 Å². The second-order valence-corrected chi connectivity index (χ2v) is 3.40. The molecule has 17 heavy (non-hydrogen) atoms. The van der Waals surface area contributed by atoms with Crippen molar-refractivity contribution in [3.05, 3.63) is 34.8 Å². The van der Waals surface area contributed by atoms with Gasteiger partial charge >= 0.3 is 5.69 Å². The van der Waals surface area contributed by atoms with Gasteiger partial charge in [0.25, 0.3) is 5.91 Å². The summed E-state index contributed by atoms with van der Waals surface area (Å²) in [4.78, 5) is 24.4. The van der Waals surface area contributed by atoms with Crippen LogP contribution in [0.25, 0.3) is 0 Å². The Labute approximate surface area is 96.0 Å². The third kappa shape index (κ3) is 3.03. The van der Waals surface area contributed by atoms with Crippen molar-refractivity contribution in [3.63, 3.8) is 0 Å². The van der Waals surface area contributed by atoms with E-state index in [-0.39, 0.29) is 5.82 Å². The van der Waals surface area contributed by atoms with Crippen molar-refractivity contribution in [3.8, 4) is 0 Å². The molecule has 8 heteroatoms. The predicted molar refractivity (Wildman–Crippen MR) is 58.4 cm³/mol. The van der Waals surface area contributed by atoms with E-state index in [1.165, 1.54) is 0 Å². The molecule has 0 spiro atoms. The maximum atomic E-state index is 11.4. The Bertz CT molecular complexity index is 526. The zero-order valence-electron chi connectivity index (χ0n) is 9.01. The van der Waals surface area contributed by atoms with Crippen LogP contribution in [-0.4, -0.2) is 37.4 Å². The van der Waals surface area contributed by atoms with Gasteiger partial charge in [0.15, 0.2) is 0 Å². The third-order valence-corrected chi connectivity index (χ3v) is 2.12. The first kappa shape index (κ1) is 11.1. The summed E-state index contributed by atoms with van der Waals surface area (Å²) in [5.74, 6) is -0.405. The fraction of sp³-hybridized carbons (Fsp3) is 0.333. The summed E-state index contributed by atoms with van der Waals surface area (Å²) in [5.41, 5.74) is -0.494. The molecule has 0 aliphatic carbocycles. The molecule has 0 saturated carbocycles. The van der Waals surface area contributed by atoms with E-state index in [1.54, 1.807) is 10.9 Å². The molecule has 0 unspecified atom stereocenters. The van der Waals surface area contributed by atoms with E-state index < -0.39 is 11.6 Å². The topological polar surface area (TPSA) is 108 Å². The van der Waals surface area contributed by atoms with Crippen LogP contribution in [0.5, 0.6) is 0 Å². The molecule has 0 aliphatic heterocycles. The van der Waals surface area contributed by atoms with Crippen molar-refractivity contribution in [1.29, 1.82) is 0 Å². The summed E-state index contributed by atoms with van der Waals surface area (Å²) in [5, 5.41) is 12.3. The molecule has 0 radical (unpaired) electrons. The molecule has 2 aromatic rings. The Balaban J connectivity index is 1.72. The second kappa shape index (κ2) is 5.10. The van der Waals surface area contributed by atoms with Crippen molar-refractivity contribution in [1.82, 2.24) is 30.3 Å². The van der Waals surface area contributed by atoms with E-state index >= 15 is 0 Å². The molecular weight excluding hydrogens is 224 g/mol. The number of nitrogens with one attached hydrogen (secondary N) is 3. The second-order valence-electron chi connectivity index (χ2n) is 3.40. The van der Waals surface area contributed by atoms with Gasteiger partial charge in [0, 0.05) is 25.5 Å². The quantitative estimate of drug-likeness (QED) is 0.585.